The molecular weight excluding hydrogens is 356 g/mol. The number of pyridine rings is 1. The van der Waals surface area contributed by atoms with Crippen molar-refractivity contribution in [1.82, 2.24) is 14.8 Å². The van der Waals surface area contributed by atoms with Gasteiger partial charge in [-0.1, -0.05) is 44.5 Å². The molecule has 1 aromatic carbocycles. The molecule has 0 radical (unpaired) electrons. The Morgan fingerprint density at radius 2 is 1.89 bits per heavy atom. The maximum absolute atomic E-state index is 12.5. The molecule has 0 fully saturated rings. The molecule has 27 heavy (non-hydrogen) atoms. The molecule has 2 aromatic heterocycles. The second-order valence-corrected chi connectivity index (χ2v) is 8.46. The smallest absolute Gasteiger partial charge is 0.235 e. The number of nitrogens with zero attached hydrogens (tertiary/aromatic N) is 3. The number of rotatable bonds is 5. The Morgan fingerprint density at radius 3 is 2.52 bits per heavy atom. The van der Waals surface area contributed by atoms with Crippen molar-refractivity contribution in [1.29, 1.82) is 0 Å². The molecule has 2 heterocycles. The second kappa shape index (κ2) is 7.96. The largest absolute Gasteiger partial charge is 0.310 e. The van der Waals surface area contributed by atoms with Gasteiger partial charge in [0.1, 0.15) is 5.82 Å². The minimum Gasteiger partial charge on any atom is -0.310 e. The molecule has 0 saturated heterocycles. The van der Waals surface area contributed by atoms with E-state index >= 15 is 0 Å². The van der Waals surface area contributed by atoms with E-state index in [1.807, 2.05) is 55.5 Å². The van der Waals surface area contributed by atoms with Crippen LogP contribution in [-0.4, -0.2) is 26.4 Å². The summed E-state index contributed by atoms with van der Waals surface area (Å²) in [6, 6.07) is 15.7. The van der Waals surface area contributed by atoms with Gasteiger partial charge in [-0.3, -0.25) is 4.79 Å². The van der Waals surface area contributed by atoms with E-state index in [4.69, 9.17) is 0 Å². The molecule has 5 nitrogen and oxygen atoms in total. The van der Waals surface area contributed by atoms with Crippen LogP contribution in [0.15, 0.2) is 59.6 Å². The van der Waals surface area contributed by atoms with Gasteiger partial charge in [-0.2, -0.15) is 9.78 Å². The van der Waals surface area contributed by atoms with Gasteiger partial charge >= 0.3 is 0 Å². The molecule has 0 saturated carbocycles. The molecule has 6 heteroatoms. The summed E-state index contributed by atoms with van der Waals surface area (Å²) in [5, 5.41) is 7.65. The van der Waals surface area contributed by atoms with Crippen molar-refractivity contribution in [3.8, 4) is 5.82 Å². The highest BCUT2D eigenvalue weighted by Gasteiger charge is 2.21. The lowest BCUT2D eigenvalue weighted by molar-refractivity contribution is -0.113. The molecule has 140 valence electrons. The zero-order valence-electron chi connectivity index (χ0n) is 16.1. The molecular formula is C21H24N4OS. The molecule has 1 N–H and O–H groups in total. The molecule has 3 rings (SSSR count). The number of hydrogen-bond donors (Lipinski definition) is 1. The molecule has 0 aliphatic carbocycles. The summed E-state index contributed by atoms with van der Waals surface area (Å²) >= 11 is 1.51. The quantitative estimate of drug-likeness (QED) is 0.657. The number of aryl methyl sites for hydroxylation is 1. The number of nitrogens with one attached hydrogen (secondary N) is 1. The van der Waals surface area contributed by atoms with Crippen LogP contribution in [0.25, 0.3) is 5.82 Å². The highest BCUT2D eigenvalue weighted by Crippen LogP contribution is 2.26. The van der Waals surface area contributed by atoms with E-state index in [1.165, 1.54) is 17.3 Å². The fourth-order valence-electron chi connectivity index (χ4n) is 2.45. The van der Waals surface area contributed by atoms with E-state index in [1.54, 1.807) is 10.9 Å². The maximum atomic E-state index is 12.5. The third-order valence-electron chi connectivity index (χ3n) is 4.00. The Labute approximate surface area is 164 Å². The first-order chi connectivity index (χ1) is 12.8. The van der Waals surface area contributed by atoms with Crippen molar-refractivity contribution in [2.45, 2.75) is 38.0 Å². The van der Waals surface area contributed by atoms with Crippen molar-refractivity contribution in [3.63, 3.8) is 0 Å². The molecule has 0 aliphatic heterocycles. The average Bonchev–Trinajstić information content (AvgIpc) is 3.06. The fraction of sp³-hybridized carbons (Fsp3) is 0.286. The minimum absolute atomic E-state index is 0.0712. The normalized spacial score (nSPS) is 11.4. The summed E-state index contributed by atoms with van der Waals surface area (Å²) in [5.74, 6) is 1.57. The van der Waals surface area contributed by atoms with Crippen molar-refractivity contribution >= 4 is 23.5 Å². The van der Waals surface area contributed by atoms with Crippen LogP contribution >= 0.6 is 11.8 Å². The first-order valence-electron chi connectivity index (χ1n) is 8.84. The van der Waals surface area contributed by atoms with Gasteiger partial charge in [-0.15, -0.1) is 11.8 Å². The van der Waals surface area contributed by atoms with Crippen LogP contribution in [-0.2, 0) is 10.2 Å². The maximum Gasteiger partial charge on any atom is 0.235 e. The number of hydrogen-bond acceptors (Lipinski definition) is 4. The standard InChI is InChI=1S/C21H24N4OS/c1-15-8-10-16(11-9-15)27-14-20(26)23-19-13-17(21(2,3)4)24-25(19)18-7-5-6-12-22-18/h5-13H,14H2,1-4H3,(H,23,26). The van der Waals surface area contributed by atoms with Crippen molar-refractivity contribution in [3.05, 3.63) is 66.0 Å². The van der Waals surface area contributed by atoms with Crippen LogP contribution in [0.3, 0.4) is 0 Å². The number of aromatic nitrogens is 3. The Hall–Kier alpha value is -2.60. The molecule has 0 spiro atoms. The minimum atomic E-state index is -0.129. The van der Waals surface area contributed by atoms with Crippen LogP contribution in [0, 0.1) is 6.92 Å². The number of carbonyl (C=O) groups is 1. The second-order valence-electron chi connectivity index (χ2n) is 7.41. The molecule has 0 atom stereocenters. The first-order valence-corrected chi connectivity index (χ1v) is 9.83. The topological polar surface area (TPSA) is 59.8 Å². The summed E-state index contributed by atoms with van der Waals surface area (Å²) < 4.78 is 1.69. The fourth-order valence-corrected chi connectivity index (χ4v) is 3.15. The first kappa shape index (κ1) is 19.2. The van der Waals surface area contributed by atoms with Gasteiger partial charge in [-0.05, 0) is 31.2 Å². The van der Waals surface area contributed by atoms with Gasteiger partial charge in [0.2, 0.25) is 5.91 Å². The average molecular weight is 381 g/mol. The van der Waals surface area contributed by atoms with Gasteiger partial charge in [0.05, 0.1) is 11.4 Å². The number of benzene rings is 1. The molecule has 0 unspecified atom stereocenters. The van der Waals surface area contributed by atoms with Crippen LogP contribution < -0.4 is 5.32 Å². The monoisotopic (exact) mass is 380 g/mol. The lowest BCUT2D eigenvalue weighted by atomic mass is 9.92. The van der Waals surface area contributed by atoms with E-state index in [0.717, 1.165) is 10.6 Å². The number of amides is 1. The highest BCUT2D eigenvalue weighted by atomic mass is 32.2. The summed E-state index contributed by atoms with van der Waals surface area (Å²) in [5.41, 5.74) is 1.98. The number of anilines is 1. The van der Waals surface area contributed by atoms with Gasteiger partial charge in [0.15, 0.2) is 5.82 Å². The zero-order chi connectivity index (χ0) is 19.4. The van der Waals surface area contributed by atoms with Crippen molar-refractivity contribution < 1.29 is 4.79 Å². The van der Waals surface area contributed by atoms with Crippen LogP contribution in [0.2, 0.25) is 0 Å². The van der Waals surface area contributed by atoms with Crippen LogP contribution in [0.4, 0.5) is 5.82 Å². The van der Waals surface area contributed by atoms with Gasteiger partial charge < -0.3 is 5.32 Å². The Kier molecular flexibility index (Phi) is 5.65. The van der Waals surface area contributed by atoms with Crippen molar-refractivity contribution in [2.75, 3.05) is 11.1 Å². The SMILES string of the molecule is Cc1ccc(SCC(=O)Nc2cc(C(C)(C)C)nn2-c2ccccn2)cc1. The van der Waals surface area contributed by atoms with Crippen LogP contribution in [0.1, 0.15) is 32.0 Å². The van der Waals surface area contributed by atoms with Gasteiger partial charge in [0.25, 0.3) is 0 Å². The summed E-state index contributed by atoms with van der Waals surface area (Å²) in [6.07, 6.45) is 1.71. The number of thioether (sulfide) groups is 1. The predicted molar refractivity (Wildman–Crippen MR) is 111 cm³/mol. The Balaban J connectivity index is 1.77. The van der Waals surface area contributed by atoms with Gasteiger partial charge in [-0.25, -0.2) is 4.98 Å². The van der Waals surface area contributed by atoms with Gasteiger partial charge in [0, 0.05) is 22.6 Å². The molecule has 3 aromatic rings. The lowest BCUT2D eigenvalue weighted by Gasteiger charge is -2.13. The third-order valence-corrected chi connectivity index (χ3v) is 5.01. The molecule has 0 bridgehead atoms. The third kappa shape index (κ3) is 4.98. The lowest BCUT2D eigenvalue weighted by Crippen LogP contribution is -2.17. The molecule has 1 amide bonds. The Morgan fingerprint density at radius 1 is 1.15 bits per heavy atom. The summed E-state index contributed by atoms with van der Waals surface area (Å²) in [4.78, 5) is 17.9. The van der Waals surface area contributed by atoms with E-state index in [9.17, 15) is 4.79 Å². The molecule has 0 aliphatic rings. The Bertz CT molecular complexity index is 912. The highest BCUT2D eigenvalue weighted by molar-refractivity contribution is 8.00. The zero-order valence-corrected chi connectivity index (χ0v) is 16.9. The van der Waals surface area contributed by atoms with E-state index in [0.29, 0.717) is 17.4 Å². The van der Waals surface area contributed by atoms with E-state index in [-0.39, 0.29) is 11.3 Å². The summed E-state index contributed by atoms with van der Waals surface area (Å²) in [7, 11) is 0. The number of carbonyl (C=O) groups excluding carboxylic acids is 1. The van der Waals surface area contributed by atoms with Crippen LogP contribution in [0.5, 0.6) is 0 Å². The van der Waals surface area contributed by atoms with E-state index < -0.39 is 0 Å². The predicted octanol–water partition coefficient (Wildman–Crippen LogP) is 4.60. The van der Waals surface area contributed by atoms with Crippen molar-refractivity contribution in [2.24, 2.45) is 0 Å². The van der Waals surface area contributed by atoms with E-state index in [2.05, 4.69) is 36.2 Å². The summed E-state index contributed by atoms with van der Waals surface area (Å²) in [6.45, 7) is 8.33.